The Morgan fingerprint density at radius 3 is 2.68 bits per heavy atom. The third-order valence-electron chi connectivity index (χ3n) is 4.38. The molecule has 1 fully saturated rings. The standard InChI is InChI=1S/C16H24N2O/c1-11-8-9-13(17)10-14(11)16(19)18(3)15-7-5-4-6-12(15)2/h8-10,12,15H,4-7,17H2,1-3H3. The van der Waals surface area contributed by atoms with Gasteiger partial charge >= 0.3 is 0 Å². The predicted molar refractivity (Wildman–Crippen MR) is 79.1 cm³/mol. The van der Waals surface area contributed by atoms with Crippen molar-refractivity contribution in [3.63, 3.8) is 0 Å². The summed E-state index contributed by atoms with van der Waals surface area (Å²) in [5, 5.41) is 0. The van der Waals surface area contributed by atoms with Crippen LogP contribution in [0.25, 0.3) is 0 Å². The highest BCUT2D eigenvalue weighted by atomic mass is 16.2. The van der Waals surface area contributed by atoms with Crippen LogP contribution in [-0.4, -0.2) is 23.9 Å². The summed E-state index contributed by atoms with van der Waals surface area (Å²) in [5.74, 6) is 0.688. The minimum atomic E-state index is 0.101. The molecule has 2 unspecified atom stereocenters. The maximum absolute atomic E-state index is 12.6. The van der Waals surface area contributed by atoms with Crippen molar-refractivity contribution >= 4 is 11.6 Å². The molecule has 1 aliphatic carbocycles. The maximum Gasteiger partial charge on any atom is 0.254 e. The molecule has 3 heteroatoms. The molecule has 2 atom stereocenters. The van der Waals surface area contributed by atoms with Gasteiger partial charge in [0.2, 0.25) is 0 Å². The quantitative estimate of drug-likeness (QED) is 0.830. The van der Waals surface area contributed by atoms with Crippen molar-refractivity contribution in [2.45, 2.75) is 45.6 Å². The summed E-state index contributed by atoms with van der Waals surface area (Å²) in [6.45, 7) is 4.21. The van der Waals surface area contributed by atoms with Crippen molar-refractivity contribution in [3.05, 3.63) is 29.3 Å². The van der Waals surface area contributed by atoms with Gasteiger partial charge in [0, 0.05) is 24.3 Å². The molecule has 1 saturated carbocycles. The first kappa shape index (κ1) is 13.9. The average molecular weight is 260 g/mol. The highest BCUT2D eigenvalue weighted by Gasteiger charge is 2.28. The van der Waals surface area contributed by atoms with Crippen LogP contribution in [0.5, 0.6) is 0 Å². The predicted octanol–water partition coefficient (Wildman–Crippen LogP) is 3.23. The van der Waals surface area contributed by atoms with Crippen molar-refractivity contribution in [3.8, 4) is 0 Å². The fourth-order valence-corrected chi connectivity index (χ4v) is 3.08. The minimum Gasteiger partial charge on any atom is -0.399 e. The lowest BCUT2D eigenvalue weighted by molar-refractivity contribution is 0.0628. The number of nitrogens with zero attached hydrogens (tertiary/aromatic N) is 1. The molecule has 1 aromatic carbocycles. The Bertz CT molecular complexity index is 470. The van der Waals surface area contributed by atoms with E-state index >= 15 is 0 Å². The summed E-state index contributed by atoms with van der Waals surface area (Å²) < 4.78 is 0. The van der Waals surface area contributed by atoms with Gasteiger partial charge in [0.1, 0.15) is 0 Å². The number of nitrogen functional groups attached to an aromatic ring is 1. The normalized spacial score (nSPS) is 23.1. The van der Waals surface area contributed by atoms with E-state index in [1.165, 1.54) is 19.3 Å². The number of anilines is 1. The zero-order valence-electron chi connectivity index (χ0n) is 12.1. The Kier molecular flexibility index (Phi) is 4.13. The molecule has 0 saturated heterocycles. The molecule has 0 aromatic heterocycles. The second-order valence-electron chi connectivity index (χ2n) is 5.82. The number of nitrogens with two attached hydrogens (primary N) is 1. The highest BCUT2D eigenvalue weighted by Crippen LogP contribution is 2.28. The molecule has 1 amide bonds. The summed E-state index contributed by atoms with van der Waals surface area (Å²) >= 11 is 0. The van der Waals surface area contributed by atoms with E-state index in [0.29, 0.717) is 17.6 Å². The zero-order valence-corrected chi connectivity index (χ0v) is 12.1. The topological polar surface area (TPSA) is 46.3 Å². The number of aryl methyl sites for hydroxylation is 1. The number of hydrogen-bond donors (Lipinski definition) is 1. The first-order valence-corrected chi connectivity index (χ1v) is 7.14. The van der Waals surface area contributed by atoms with Gasteiger partial charge in [-0.2, -0.15) is 0 Å². The van der Waals surface area contributed by atoms with E-state index in [0.717, 1.165) is 17.5 Å². The fraction of sp³-hybridized carbons (Fsp3) is 0.562. The van der Waals surface area contributed by atoms with Crippen LogP contribution < -0.4 is 5.73 Å². The lowest BCUT2D eigenvalue weighted by atomic mass is 9.85. The van der Waals surface area contributed by atoms with Crippen molar-refractivity contribution < 1.29 is 4.79 Å². The van der Waals surface area contributed by atoms with Gasteiger partial charge in [-0.05, 0) is 43.4 Å². The lowest BCUT2D eigenvalue weighted by Crippen LogP contribution is -2.42. The van der Waals surface area contributed by atoms with Gasteiger partial charge in [-0.25, -0.2) is 0 Å². The number of amides is 1. The van der Waals surface area contributed by atoms with Crippen LogP contribution in [0.15, 0.2) is 18.2 Å². The fourth-order valence-electron chi connectivity index (χ4n) is 3.08. The molecule has 0 heterocycles. The summed E-state index contributed by atoms with van der Waals surface area (Å²) in [5.41, 5.74) is 8.18. The Morgan fingerprint density at radius 2 is 2.00 bits per heavy atom. The molecule has 104 valence electrons. The number of carbonyl (C=O) groups excluding carboxylic acids is 1. The van der Waals surface area contributed by atoms with Crippen LogP contribution >= 0.6 is 0 Å². The van der Waals surface area contributed by atoms with Gasteiger partial charge in [-0.15, -0.1) is 0 Å². The third kappa shape index (κ3) is 2.91. The molecule has 0 aliphatic heterocycles. The van der Waals surface area contributed by atoms with Gasteiger partial charge in [0.15, 0.2) is 0 Å². The Labute approximate surface area is 115 Å². The smallest absolute Gasteiger partial charge is 0.254 e. The molecule has 2 rings (SSSR count). The van der Waals surface area contributed by atoms with E-state index in [1.807, 2.05) is 31.0 Å². The van der Waals surface area contributed by atoms with Crippen LogP contribution in [0, 0.1) is 12.8 Å². The van der Waals surface area contributed by atoms with Crippen LogP contribution in [0.2, 0.25) is 0 Å². The van der Waals surface area contributed by atoms with Crippen molar-refractivity contribution in [2.75, 3.05) is 12.8 Å². The number of carbonyl (C=O) groups is 1. The molecule has 1 aliphatic rings. The second kappa shape index (κ2) is 5.64. The molecule has 19 heavy (non-hydrogen) atoms. The minimum absolute atomic E-state index is 0.101. The second-order valence-corrected chi connectivity index (χ2v) is 5.82. The van der Waals surface area contributed by atoms with Crippen LogP contribution in [0.1, 0.15) is 48.5 Å². The summed E-state index contributed by atoms with van der Waals surface area (Å²) in [6, 6.07) is 5.92. The van der Waals surface area contributed by atoms with Gasteiger partial charge in [0.25, 0.3) is 5.91 Å². The molecule has 3 nitrogen and oxygen atoms in total. The SMILES string of the molecule is Cc1ccc(N)cc1C(=O)N(C)C1CCCCC1C. The number of hydrogen-bond acceptors (Lipinski definition) is 2. The monoisotopic (exact) mass is 260 g/mol. The number of benzene rings is 1. The molecule has 0 radical (unpaired) electrons. The van der Waals surface area contributed by atoms with Crippen molar-refractivity contribution in [1.82, 2.24) is 4.90 Å². The molecular formula is C16H24N2O. The molecular weight excluding hydrogens is 236 g/mol. The Hall–Kier alpha value is -1.51. The van der Waals surface area contributed by atoms with E-state index in [2.05, 4.69) is 6.92 Å². The van der Waals surface area contributed by atoms with E-state index in [4.69, 9.17) is 5.73 Å². The highest BCUT2D eigenvalue weighted by molar-refractivity contribution is 5.96. The Balaban J connectivity index is 2.20. The van der Waals surface area contributed by atoms with Crippen LogP contribution in [0.3, 0.4) is 0 Å². The first-order chi connectivity index (χ1) is 9.00. The van der Waals surface area contributed by atoms with Crippen molar-refractivity contribution in [1.29, 1.82) is 0 Å². The molecule has 0 bridgehead atoms. The lowest BCUT2D eigenvalue weighted by Gasteiger charge is -2.36. The number of rotatable bonds is 2. The van der Waals surface area contributed by atoms with E-state index < -0.39 is 0 Å². The first-order valence-electron chi connectivity index (χ1n) is 7.14. The summed E-state index contributed by atoms with van der Waals surface area (Å²) in [4.78, 5) is 14.6. The van der Waals surface area contributed by atoms with Crippen molar-refractivity contribution in [2.24, 2.45) is 5.92 Å². The van der Waals surface area contributed by atoms with Gasteiger partial charge in [0.05, 0.1) is 0 Å². The molecule has 2 N–H and O–H groups in total. The van der Waals surface area contributed by atoms with Gasteiger partial charge < -0.3 is 10.6 Å². The van der Waals surface area contributed by atoms with E-state index in [1.54, 1.807) is 6.07 Å². The molecule has 1 aromatic rings. The maximum atomic E-state index is 12.6. The third-order valence-corrected chi connectivity index (χ3v) is 4.38. The average Bonchev–Trinajstić information content (AvgIpc) is 2.40. The largest absolute Gasteiger partial charge is 0.399 e. The molecule has 0 spiro atoms. The van der Waals surface area contributed by atoms with E-state index in [-0.39, 0.29) is 5.91 Å². The van der Waals surface area contributed by atoms with Gasteiger partial charge in [-0.1, -0.05) is 25.8 Å². The summed E-state index contributed by atoms with van der Waals surface area (Å²) in [7, 11) is 1.93. The Morgan fingerprint density at radius 1 is 1.32 bits per heavy atom. The van der Waals surface area contributed by atoms with Gasteiger partial charge in [-0.3, -0.25) is 4.79 Å². The van der Waals surface area contributed by atoms with E-state index in [9.17, 15) is 4.79 Å². The summed E-state index contributed by atoms with van der Waals surface area (Å²) in [6.07, 6.45) is 4.85. The van der Waals surface area contributed by atoms with Crippen LogP contribution in [-0.2, 0) is 0 Å². The van der Waals surface area contributed by atoms with Crippen LogP contribution in [0.4, 0.5) is 5.69 Å². The zero-order chi connectivity index (χ0) is 14.0.